The summed E-state index contributed by atoms with van der Waals surface area (Å²) in [5.74, 6) is 0.104. The number of rotatable bonds is 2. The maximum absolute atomic E-state index is 12.9. The van der Waals surface area contributed by atoms with Crippen LogP contribution in [0.5, 0.6) is 0 Å². The van der Waals surface area contributed by atoms with Gasteiger partial charge in [0.1, 0.15) is 0 Å². The van der Waals surface area contributed by atoms with Gasteiger partial charge in [-0.3, -0.25) is 4.79 Å². The van der Waals surface area contributed by atoms with Crippen molar-refractivity contribution < 1.29 is 4.79 Å². The molecule has 0 unspecified atom stereocenters. The highest BCUT2D eigenvalue weighted by molar-refractivity contribution is 7.98. The molecule has 2 aromatic carbocycles. The minimum absolute atomic E-state index is 0.104. The molecule has 0 bridgehead atoms. The molecule has 102 valence electrons. The van der Waals surface area contributed by atoms with Crippen molar-refractivity contribution in [3.63, 3.8) is 0 Å². The second-order valence-electron chi connectivity index (χ2n) is 5.06. The topological polar surface area (TPSA) is 20.3 Å². The highest BCUT2D eigenvalue weighted by Crippen LogP contribution is 2.34. The average molecular weight is 283 g/mol. The van der Waals surface area contributed by atoms with Crippen molar-refractivity contribution >= 4 is 23.4 Å². The van der Waals surface area contributed by atoms with Crippen LogP contribution in [0.15, 0.2) is 53.4 Å². The molecule has 1 amide bonds. The molecule has 0 saturated heterocycles. The lowest BCUT2D eigenvalue weighted by atomic mass is 10.1. The third-order valence-electron chi connectivity index (χ3n) is 3.76. The summed E-state index contributed by atoms with van der Waals surface area (Å²) in [5.41, 5.74) is 3.11. The maximum atomic E-state index is 12.9. The van der Waals surface area contributed by atoms with Gasteiger partial charge in [0.05, 0.1) is 5.56 Å². The lowest BCUT2D eigenvalue weighted by Crippen LogP contribution is -2.36. The number of thioether (sulfide) groups is 1. The van der Waals surface area contributed by atoms with Gasteiger partial charge in [-0.25, -0.2) is 0 Å². The van der Waals surface area contributed by atoms with Gasteiger partial charge in [0.2, 0.25) is 0 Å². The number of amides is 1. The van der Waals surface area contributed by atoms with Crippen molar-refractivity contribution in [2.75, 3.05) is 11.2 Å². The van der Waals surface area contributed by atoms with E-state index in [1.54, 1.807) is 11.8 Å². The molecule has 3 rings (SSSR count). The molecule has 1 aliphatic rings. The van der Waals surface area contributed by atoms with E-state index in [2.05, 4.69) is 13.0 Å². The molecule has 0 N–H and O–H groups in total. The SMILES string of the molecule is CSc1ccccc1C(=O)N1c2ccccc2C[C@H]1C. The van der Waals surface area contributed by atoms with E-state index in [1.807, 2.05) is 53.6 Å². The van der Waals surface area contributed by atoms with Crippen LogP contribution in [-0.2, 0) is 6.42 Å². The van der Waals surface area contributed by atoms with Gasteiger partial charge in [-0.1, -0.05) is 30.3 Å². The van der Waals surface area contributed by atoms with E-state index in [0.29, 0.717) is 0 Å². The number of anilines is 1. The van der Waals surface area contributed by atoms with Gasteiger partial charge in [0.25, 0.3) is 5.91 Å². The largest absolute Gasteiger partial charge is 0.305 e. The minimum atomic E-state index is 0.104. The van der Waals surface area contributed by atoms with E-state index in [9.17, 15) is 4.79 Å². The van der Waals surface area contributed by atoms with Gasteiger partial charge in [0, 0.05) is 16.6 Å². The van der Waals surface area contributed by atoms with Gasteiger partial charge in [-0.2, -0.15) is 0 Å². The molecule has 20 heavy (non-hydrogen) atoms. The maximum Gasteiger partial charge on any atom is 0.259 e. The minimum Gasteiger partial charge on any atom is -0.305 e. The van der Waals surface area contributed by atoms with E-state index in [0.717, 1.165) is 22.6 Å². The van der Waals surface area contributed by atoms with Crippen molar-refractivity contribution in [2.45, 2.75) is 24.3 Å². The van der Waals surface area contributed by atoms with Crippen LogP contribution < -0.4 is 4.90 Å². The molecule has 2 aromatic rings. The Bertz CT molecular complexity index is 653. The van der Waals surface area contributed by atoms with Crippen LogP contribution in [0, 0.1) is 0 Å². The number of benzene rings is 2. The van der Waals surface area contributed by atoms with Gasteiger partial charge in [-0.15, -0.1) is 11.8 Å². The van der Waals surface area contributed by atoms with Crippen LogP contribution in [0.1, 0.15) is 22.8 Å². The first-order valence-corrected chi connectivity index (χ1v) is 7.99. The van der Waals surface area contributed by atoms with Gasteiger partial charge >= 0.3 is 0 Å². The second-order valence-corrected chi connectivity index (χ2v) is 5.91. The Morgan fingerprint density at radius 1 is 1.15 bits per heavy atom. The lowest BCUT2D eigenvalue weighted by Gasteiger charge is -2.23. The molecule has 0 spiro atoms. The molecule has 2 nitrogen and oxygen atoms in total. The number of para-hydroxylation sites is 1. The van der Waals surface area contributed by atoms with E-state index in [1.165, 1.54) is 5.56 Å². The summed E-state index contributed by atoms with van der Waals surface area (Å²) in [6.45, 7) is 2.11. The standard InChI is InChI=1S/C17H17NOS/c1-12-11-13-7-3-5-9-15(13)18(12)17(19)14-8-4-6-10-16(14)20-2/h3-10,12H,11H2,1-2H3/t12-/m1/s1. The molecule has 0 aliphatic carbocycles. The van der Waals surface area contributed by atoms with Crippen LogP contribution in [0.2, 0.25) is 0 Å². The lowest BCUT2D eigenvalue weighted by molar-refractivity contribution is 0.0978. The number of nitrogens with zero attached hydrogens (tertiary/aromatic N) is 1. The second kappa shape index (κ2) is 5.33. The molecular weight excluding hydrogens is 266 g/mol. The third kappa shape index (κ3) is 2.12. The molecule has 0 fully saturated rings. The highest BCUT2D eigenvalue weighted by Gasteiger charge is 2.31. The predicted molar refractivity (Wildman–Crippen MR) is 84.6 cm³/mol. The van der Waals surface area contributed by atoms with E-state index >= 15 is 0 Å². The zero-order valence-corrected chi connectivity index (χ0v) is 12.5. The molecule has 0 saturated carbocycles. The summed E-state index contributed by atoms with van der Waals surface area (Å²) < 4.78 is 0. The Morgan fingerprint density at radius 2 is 1.85 bits per heavy atom. The first-order valence-electron chi connectivity index (χ1n) is 6.77. The highest BCUT2D eigenvalue weighted by atomic mass is 32.2. The Balaban J connectivity index is 2.03. The summed E-state index contributed by atoms with van der Waals surface area (Å²) in [7, 11) is 0. The Hall–Kier alpha value is -1.74. The van der Waals surface area contributed by atoms with Crippen LogP contribution in [0.3, 0.4) is 0 Å². The quantitative estimate of drug-likeness (QED) is 0.776. The van der Waals surface area contributed by atoms with Crippen LogP contribution >= 0.6 is 11.8 Å². The summed E-state index contributed by atoms with van der Waals surface area (Å²) in [6, 6.07) is 16.2. The molecule has 0 radical (unpaired) electrons. The number of carbonyl (C=O) groups excluding carboxylic acids is 1. The van der Waals surface area contributed by atoms with Crippen molar-refractivity contribution in [2.24, 2.45) is 0 Å². The summed E-state index contributed by atoms with van der Waals surface area (Å²) in [5, 5.41) is 0. The third-order valence-corrected chi connectivity index (χ3v) is 4.56. The summed E-state index contributed by atoms with van der Waals surface area (Å²) >= 11 is 1.62. The molecule has 3 heteroatoms. The monoisotopic (exact) mass is 283 g/mol. The van der Waals surface area contributed by atoms with Crippen LogP contribution in [-0.4, -0.2) is 18.2 Å². The molecular formula is C17H17NOS. The van der Waals surface area contributed by atoms with Gasteiger partial charge in [-0.05, 0) is 43.4 Å². The Kier molecular flexibility index (Phi) is 3.53. The zero-order chi connectivity index (χ0) is 14.1. The Labute approximate surface area is 123 Å². The van der Waals surface area contributed by atoms with E-state index in [4.69, 9.17) is 0 Å². The fourth-order valence-electron chi connectivity index (χ4n) is 2.83. The summed E-state index contributed by atoms with van der Waals surface area (Å²) in [4.78, 5) is 15.9. The van der Waals surface area contributed by atoms with Crippen LogP contribution in [0.25, 0.3) is 0 Å². The zero-order valence-electron chi connectivity index (χ0n) is 11.7. The fourth-order valence-corrected chi connectivity index (χ4v) is 3.42. The average Bonchev–Trinajstić information content (AvgIpc) is 2.82. The molecule has 1 atom stereocenters. The molecule has 0 aromatic heterocycles. The number of fused-ring (bicyclic) bond motifs is 1. The van der Waals surface area contributed by atoms with Crippen molar-refractivity contribution in [1.82, 2.24) is 0 Å². The number of hydrogen-bond acceptors (Lipinski definition) is 2. The first kappa shape index (κ1) is 13.3. The normalized spacial score (nSPS) is 17.1. The number of carbonyl (C=O) groups is 1. The Morgan fingerprint density at radius 3 is 2.65 bits per heavy atom. The fraction of sp³-hybridized carbons (Fsp3) is 0.235. The molecule has 1 aliphatic heterocycles. The van der Waals surface area contributed by atoms with Gasteiger partial charge < -0.3 is 4.90 Å². The predicted octanol–water partition coefficient (Wildman–Crippen LogP) is 4.00. The van der Waals surface area contributed by atoms with E-state index in [-0.39, 0.29) is 11.9 Å². The number of hydrogen-bond donors (Lipinski definition) is 0. The van der Waals surface area contributed by atoms with Crippen LogP contribution in [0.4, 0.5) is 5.69 Å². The first-order chi connectivity index (χ1) is 9.72. The van der Waals surface area contributed by atoms with Gasteiger partial charge in [0.15, 0.2) is 0 Å². The van der Waals surface area contributed by atoms with E-state index < -0.39 is 0 Å². The smallest absolute Gasteiger partial charge is 0.259 e. The van der Waals surface area contributed by atoms with Crippen molar-refractivity contribution in [3.8, 4) is 0 Å². The van der Waals surface area contributed by atoms with Crippen molar-refractivity contribution in [3.05, 3.63) is 59.7 Å². The van der Waals surface area contributed by atoms with Crippen molar-refractivity contribution in [1.29, 1.82) is 0 Å². The molecule has 1 heterocycles. The summed E-state index contributed by atoms with van der Waals surface area (Å²) in [6.07, 6.45) is 2.94.